The van der Waals surface area contributed by atoms with Crippen molar-refractivity contribution in [2.45, 2.75) is 45.8 Å². The first-order valence-corrected chi connectivity index (χ1v) is 6.60. The van der Waals surface area contributed by atoms with E-state index in [2.05, 4.69) is 24.3 Å². The second kappa shape index (κ2) is 4.63. The van der Waals surface area contributed by atoms with Crippen molar-refractivity contribution in [2.24, 2.45) is 21.6 Å². The van der Waals surface area contributed by atoms with E-state index in [4.69, 9.17) is 22.8 Å². The first-order chi connectivity index (χ1) is 7.99. The van der Waals surface area contributed by atoms with E-state index in [9.17, 15) is 0 Å². The lowest BCUT2D eigenvalue weighted by Gasteiger charge is -2.29. The third-order valence-electron chi connectivity index (χ3n) is 3.86. The molecule has 1 aliphatic carbocycles. The summed E-state index contributed by atoms with van der Waals surface area (Å²) in [6, 6.07) is 0. The van der Waals surface area contributed by atoms with Gasteiger partial charge in [-0.3, -0.25) is 5.48 Å². The topological polar surface area (TPSA) is 59.6 Å². The van der Waals surface area contributed by atoms with Crippen molar-refractivity contribution in [3.8, 4) is 0 Å². The number of nitrogens with two attached hydrogens (primary N) is 1. The number of thiocarbonyl (C=S) groups is 1. The lowest BCUT2D eigenvalue weighted by atomic mass is 9.79. The number of hydroxylamine groups is 1. The van der Waals surface area contributed by atoms with Gasteiger partial charge in [0.2, 0.25) is 6.23 Å². The van der Waals surface area contributed by atoms with Crippen molar-refractivity contribution in [2.75, 3.05) is 6.54 Å². The Morgan fingerprint density at radius 3 is 2.82 bits per heavy atom. The lowest BCUT2D eigenvalue weighted by molar-refractivity contribution is 0.0810. The molecule has 3 N–H and O–H groups in total. The fourth-order valence-electron chi connectivity index (χ4n) is 3.02. The molecule has 1 saturated carbocycles. The zero-order valence-electron chi connectivity index (χ0n) is 10.5. The monoisotopic (exact) mass is 255 g/mol. The number of aliphatic imine (C=N–C) groups is 1. The SMILES string of the molecule is CC1(C)CCC(CN)(CC2=N[C@H](C=S)ON2)C1. The molecule has 0 saturated heterocycles. The van der Waals surface area contributed by atoms with Gasteiger partial charge >= 0.3 is 0 Å². The number of nitrogens with zero attached hydrogens (tertiary/aromatic N) is 1. The Morgan fingerprint density at radius 2 is 2.35 bits per heavy atom. The second-order valence-corrected chi connectivity index (χ2v) is 6.32. The minimum absolute atomic E-state index is 0.176. The van der Waals surface area contributed by atoms with E-state index in [1.807, 2.05) is 0 Å². The maximum Gasteiger partial charge on any atom is 0.205 e. The minimum atomic E-state index is -0.316. The van der Waals surface area contributed by atoms with Crippen molar-refractivity contribution >= 4 is 23.4 Å². The summed E-state index contributed by atoms with van der Waals surface area (Å²) in [6.07, 6.45) is 4.10. The number of hydrogen-bond acceptors (Lipinski definition) is 5. The maximum absolute atomic E-state index is 5.98. The highest BCUT2D eigenvalue weighted by Gasteiger charge is 2.43. The highest BCUT2D eigenvalue weighted by atomic mass is 32.1. The summed E-state index contributed by atoms with van der Waals surface area (Å²) >= 11 is 4.82. The molecule has 0 spiro atoms. The second-order valence-electron chi connectivity index (χ2n) is 6.04. The molecular formula is C12H21N3OS. The quantitative estimate of drug-likeness (QED) is 0.752. The van der Waals surface area contributed by atoms with Crippen LogP contribution in [0.15, 0.2) is 4.99 Å². The molecule has 96 valence electrons. The fraction of sp³-hybridized carbons (Fsp3) is 0.833. The number of amidine groups is 1. The van der Waals surface area contributed by atoms with E-state index < -0.39 is 0 Å². The summed E-state index contributed by atoms with van der Waals surface area (Å²) in [5.41, 5.74) is 9.42. The molecule has 17 heavy (non-hydrogen) atoms. The molecule has 1 fully saturated rings. The number of hydrogen-bond donors (Lipinski definition) is 2. The van der Waals surface area contributed by atoms with Crippen molar-refractivity contribution in [3.05, 3.63) is 0 Å². The van der Waals surface area contributed by atoms with Crippen LogP contribution in [0.2, 0.25) is 0 Å². The Kier molecular flexibility index (Phi) is 3.52. The standard InChI is InChI=1S/C12H21N3OS/c1-11(2)3-4-12(7-11,8-13)5-9-14-10(6-17)16-15-9/h6,10H,3-5,7-8,13H2,1-2H3,(H,14,15)/t10-,12?/m0/s1. The van der Waals surface area contributed by atoms with Crippen LogP contribution in [0.3, 0.4) is 0 Å². The Labute approximate surface area is 108 Å². The highest BCUT2D eigenvalue weighted by Crippen LogP contribution is 2.50. The normalized spacial score (nSPS) is 35.5. The van der Waals surface area contributed by atoms with Gasteiger partial charge in [-0.1, -0.05) is 26.1 Å². The van der Waals surface area contributed by atoms with Gasteiger partial charge in [-0.15, -0.1) is 0 Å². The molecule has 2 rings (SSSR count). The lowest BCUT2D eigenvalue weighted by Crippen LogP contribution is -2.34. The zero-order valence-corrected chi connectivity index (χ0v) is 11.3. The van der Waals surface area contributed by atoms with E-state index in [1.165, 1.54) is 18.2 Å². The van der Waals surface area contributed by atoms with E-state index >= 15 is 0 Å². The molecule has 0 aromatic carbocycles. The molecule has 0 bridgehead atoms. The molecule has 4 nitrogen and oxygen atoms in total. The largest absolute Gasteiger partial charge is 0.330 e. The molecule has 1 heterocycles. The Morgan fingerprint density at radius 1 is 1.59 bits per heavy atom. The molecule has 0 aromatic heterocycles. The summed E-state index contributed by atoms with van der Waals surface area (Å²) in [5, 5.41) is 1.52. The smallest absolute Gasteiger partial charge is 0.205 e. The predicted molar refractivity (Wildman–Crippen MR) is 72.8 cm³/mol. The third-order valence-corrected chi connectivity index (χ3v) is 4.09. The van der Waals surface area contributed by atoms with Gasteiger partial charge in [-0.05, 0) is 36.6 Å². The van der Waals surface area contributed by atoms with Gasteiger partial charge in [0.15, 0.2) is 0 Å². The van der Waals surface area contributed by atoms with Gasteiger partial charge in [0.1, 0.15) is 5.84 Å². The molecule has 1 unspecified atom stereocenters. The molecule has 1 aliphatic heterocycles. The van der Waals surface area contributed by atoms with Crippen LogP contribution in [0.1, 0.15) is 39.5 Å². The number of nitrogens with one attached hydrogen (secondary N) is 1. The van der Waals surface area contributed by atoms with Crippen molar-refractivity contribution in [1.82, 2.24) is 5.48 Å². The van der Waals surface area contributed by atoms with Crippen LogP contribution in [0.4, 0.5) is 0 Å². The molecule has 2 aliphatic rings. The molecule has 0 aromatic rings. The summed E-state index contributed by atoms with van der Waals surface area (Å²) in [5.74, 6) is 0.888. The maximum atomic E-state index is 5.98. The van der Waals surface area contributed by atoms with Gasteiger partial charge in [0, 0.05) is 11.8 Å². The van der Waals surface area contributed by atoms with Crippen LogP contribution >= 0.6 is 12.2 Å². The van der Waals surface area contributed by atoms with Gasteiger partial charge < -0.3 is 5.73 Å². The third kappa shape index (κ3) is 2.84. The summed E-state index contributed by atoms with van der Waals surface area (Å²) in [7, 11) is 0. The van der Waals surface area contributed by atoms with Gasteiger partial charge in [0.25, 0.3) is 0 Å². The average Bonchev–Trinajstić information content (AvgIpc) is 2.84. The summed E-state index contributed by atoms with van der Waals surface area (Å²) in [4.78, 5) is 9.59. The predicted octanol–water partition coefficient (Wildman–Crippen LogP) is 1.79. The summed E-state index contributed by atoms with van der Waals surface area (Å²) in [6.45, 7) is 5.33. The molecule has 5 heteroatoms. The van der Waals surface area contributed by atoms with Crippen LogP contribution in [-0.2, 0) is 4.84 Å². The van der Waals surface area contributed by atoms with Crippen LogP contribution < -0.4 is 11.2 Å². The van der Waals surface area contributed by atoms with Crippen molar-refractivity contribution in [3.63, 3.8) is 0 Å². The van der Waals surface area contributed by atoms with Crippen LogP contribution in [0.25, 0.3) is 0 Å². The first kappa shape index (κ1) is 12.9. The van der Waals surface area contributed by atoms with Crippen molar-refractivity contribution in [1.29, 1.82) is 0 Å². The van der Waals surface area contributed by atoms with Gasteiger partial charge in [-0.2, -0.15) is 0 Å². The summed E-state index contributed by atoms with van der Waals surface area (Å²) < 4.78 is 0. The molecular weight excluding hydrogens is 234 g/mol. The van der Waals surface area contributed by atoms with E-state index in [1.54, 1.807) is 0 Å². The average molecular weight is 255 g/mol. The van der Waals surface area contributed by atoms with E-state index in [0.717, 1.165) is 18.7 Å². The highest BCUT2D eigenvalue weighted by molar-refractivity contribution is 7.79. The van der Waals surface area contributed by atoms with E-state index in [0.29, 0.717) is 12.0 Å². The minimum Gasteiger partial charge on any atom is -0.330 e. The molecule has 0 amide bonds. The fourth-order valence-corrected chi connectivity index (χ4v) is 3.14. The first-order valence-electron chi connectivity index (χ1n) is 6.12. The van der Waals surface area contributed by atoms with Crippen LogP contribution in [0, 0.1) is 10.8 Å². The van der Waals surface area contributed by atoms with Crippen molar-refractivity contribution < 1.29 is 4.84 Å². The Hall–Kier alpha value is -0.520. The van der Waals surface area contributed by atoms with Crippen LogP contribution in [0.5, 0.6) is 0 Å². The number of rotatable bonds is 4. The van der Waals surface area contributed by atoms with Crippen LogP contribution in [-0.4, -0.2) is 24.0 Å². The van der Waals surface area contributed by atoms with Gasteiger partial charge in [-0.25, -0.2) is 9.83 Å². The Bertz CT molecular complexity index is 343. The zero-order chi connectivity index (χ0) is 12.5. The van der Waals surface area contributed by atoms with E-state index in [-0.39, 0.29) is 11.6 Å². The molecule has 2 atom stereocenters. The Balaban J connectivity index is 2.04. The molecule has 0 radical (unpaired) electrons. The van der Waals surface area contributed by atoms with Gasteiger partial charge in [0.05, 0.1) is 0 Å².